The van der Waals surface area contributed by atoms with E-state index in [1.165, 1.54) is 6.92 Å². The molecule has 1 aromatic carbocycles. The summed E-state index contributed by atoms with van der Waals surface area (Å²) in [6.07, 6.45) is -5.71. The summed E-state index contributed by atoms with van der Waals surface area (Å²) in [5.74, 6) is -3.40. The summed E-state index contributed by atoms with van der Waals surface area (Å²) in [6.45, 7) is 1.22. The van der Waals surface area contributed by atoms with Crippen LogP contribution in [0.4, 0.5) is 13.2 Å². The smallest absolute Gasteiger partial charge is 0.454 e. The number of ether oxygens (including phenoxy) is 2. The number of alkyl halides is 3. The zero-order chi connectivity index (χ0) is 18.4. The molecule has 2 atom stereocenters. The number of hydrogen-bond acceptors (Lipinski definition) is 5. The number of Topliss-reactive ketones (excluding diaryl/α,β-unsaturated/α-hetero) is 1. The Bertz CT molecular complexity index is 824. The van der Waals surface area contributed by atoms with Crippen molar-refractivity contribution in [3.05, 3.63) is 52.6 Å². The van der Waals surface area contributed by atoms with Crippen LogP contribution in [0.5, 0.6) is 5.75 Å². The van der Waals surface area contributed by atoms with Crippen LogP contribution in [0, 0.1) is 17.2 Å². The summed E-state index contributed by atoms with van der Waals surface area (Å²) in [5, 5.41) is 9.36. The highest BCUT2D eigenvalue weighted by Crippen LogP contribution is 2.42. The average molecular weight is 350 g/mol. The van der Waals surface area contributed by atoms with Crippen LogP contribution in [-0.2, 0) is 16.0 Å². The van der Waals surface area contributed by atoms with Crippen LogP contribution < -0.4 is 10.5 Å². The van der Waals surface area contributed by atoms with E-state index in [1.54, 1.807) is 30.3 Å². The molecule has 2 N–H and O–H groups in total. The number of allylic oxidation sites excluding steroid dienone is 1. The molecule has 0 spiro atoms. The second kappa shape index (κ2) is 5.84. The van der Waals surface area contributed by atoms with Crippen molar-refractivity contribution in [3.8, 4) is 11.8 Å². The van der Waals surface area contributed by atoms with Crippen molar-refractivity contribution in [2.24, 2.45) is 11.7 Å². The van der Waals surface area contributed by atoms with Gasteiger partial charge in [0.25, 0.3) is 5.78 Å². The zero-order valence-electron chi connectivity index (χ0n) is 13.1. The summed E-state index contributed by atoms with van der Waals surface area (Å²) in [6, 6.07) is 8.71. The number of nitrogens with zero attached hydrogens (tertiary/aromatic N) is 1. The van der Waals surface area contributed by atoms with Crippen molar-refractivity contribution < 1.29 is 27.4 Å². The van der Waals surface area contributed by atoms with Crippen LogP contribution in [0.1, 0.15) is 12.5 Å². The van der Waals surface area contributed by atoms with Crippen molar-refractivity contribution in [3.63, 3.8) is 0 Å². The van der Waals surface area contributed by atoms with Gasteiger partial charge in [-0.05, 0) is 18.6 Å². The summed E-state index contributed by atoms with van der Waals surface area (Å²) in [7, 11) is 0. The minimum Gasteiger partial charge on any atom is -0.489 e. The fraction of sp³-hybridized carbons (Fsp3) is 0.294. The van der Waals surface area contributed by atoms with E-state index in [0.29, 0.717) is 5.75 Å². The van der Waals surface area contributed by atoms with Crippen LogP contribution in [0.2, 0.25) is 0 Å². The molecule has 0 aliphatic carbocycles. The first-order valence-corrected chi connectivity index (χ1v) is 7.38. The summed E-state index contributed by atoms with van der Waals surface area (Å²) in [4.78, 5) is 11.9. The molecule has 0 bridgehead atoms. The van der Waals surface area contributed by atoms with E-state index >= 15 is 0 Å². The fourth-order valence-electron chi connectivity index (χ4n) is 3.14. The second-order valence-corrected chi connectivity index (χ2v) is 5.73. The maximum Gasteiger partial charge on any atom is 0.454 e. The van der Waals surface area contributed by atoms with Gasteiger partial charge in [0.1, 0.15) is 29.3 Å². The molecule has 1 aromatic rings. The van der Waals surface area contributed by atoms with E-state index in [9.17, 15) is 23.2 Å². The Kier molecular flexibility index (Phi) is 3.95. The van der Waals surface area contributed by atoms with Crippen molar-refractivity contribution >= 4 is 5.78 Å². The molecule has 0 radical (unpaired) electrons. The number of halogens is 3. The molecule has 0 aromatic heterocycles. The highest BCUT2D eigenvalue weighted by atomic mass is 19.4. The number of nitriles is 1. The molecule has 130 valence electrons. The highest BCUT2D eigenvalue weighted by molar-refractivity contribution is 6.01. The van der Waals surface area contributed by atoms with Crippen LogP contribution in [0.3, 0.4) is 0 Å². The Labute approximate surface area is 141 Å². The molecule has 25 heavy (non-hydrogen) atoms. The first-order chi connectivity index (χ1) is 11.7. The maximum absolute atomic E-state index is 13.0. The minimum atomic E-state index is -5.10. The molecule has 3 rings (SSSR count). The maximum atomic E-state index is 13.0. The molecule has 0 fully saturated rings. The van der Waals surface area contributed by atoms with Crippen molar-refractivity contribution in [2.45, 2.75) is 25.6 Å². The predicted octanol–water partition coefficient (Wildman–Crippen LogP) is 2.74. The number of carbonyl (C=O) groups excluding carboxylic acids is 1. The number of nitrogens with two attached hydrogens (primary N) is 1. The molecule has 2 aliphatic heterocycles. The van der Waals surface area contributed by atoms with Gasteiger partial charge in [0, 0.05) is 6.42 Å². The molecular formula is C17H13F3N2O3. The average Bonchev–Trinajstić information content (AvgIpc) is 2.96. The Morgan fingerprint density at radius 2 is 2.04 bits per heavy atom. The van der Waals surface area contributed by atoms with Crippen molar-refractivity contribution in [2.75, 3.05) is 0 Å². The minimum absolute atomic E-state index is 0.240. The Morgan fingerprint density at radius 3 is 2.64 bits per heavy atom. The Hall–Kier alpha value is -2.95. The van der Waals surface area contributed by atoms with Gasteiger partial charge in [-0.2, -0.15) is 18.4 Å². The first-order valence-electron chi connectivity index (χ1n) is 7.38. The Balaban J connectivity index is 2.07. The quantitative estimate of drug-likeness (QED) is 0.886. The topological polar surface area (TPSA) is 85.3 Å². The standard InChI is InChI=1S/C17H13F3N2O3/c1-8-13(15(23)17(18,19)20)14(10(7-21)16(22)24-8)12-6-9-4-2-3-5-11(9)25-12/h2-5,12,14H,6,22H2,1H3. The Morgan fingerprint density at radius 1 is 1.36 bits per heavy atom. The number of fused-ring (bicyclic) bond motifs is 1. The lowest BCUT2D eigenvalue weighted by atomic mass is 9.81. The largest absolute Gasteiger partial charge is 0.489 e. The molecule has 8 heteroatoms. The normalized spacial score (nSPS) is 22.8. The van der Waals surface area contributed by atoms with Crippen LogP contribution in [-0.4, -0.2) is 18.1 Å². The third kappa shape index (κ3) is 2.82. The molecular weight excluding hydrogens is 337 g/mol. The zero-order valence-corrected chi connectivity index (χ0v) is 13.1. The third-order valence-corrected chi connectivity index (χ3v) is 4.20. The number of ketones is 1. The van der Waals surface area contributed by atoms with Gasteiger partial charge in [-0.3, -0.25) is 4.79 Å². The van der Waals surface area contributed by atoms with Gasteiger partial charge in [-0.15, -0.1) is 0 Å². The molecule has 0 saturated heterocycles. The molecule has 2 aliphatic rings. The van der Waals surface area contributed by atoms with Gasteiger partial charge in [0.15, 0.2) is 0 Å². The van der Waals surface area contributed by atoms with Gasteiger partial charge in [-0.25, -0.2) is 0 Å². The number of rotatable bonds is 2. The van der Waals surface area contributed by atoms with Crippen molar-refractivity contribution in [1.29, 1.82) is 5.26 Å². The predicted molar refractivity (Wildman–Crippen MR) is 79.7 cm³/mol. The van der Waals surface area contributed by atoms with E-state index in [2.05, 4.69) is 0 Å². The highest BCUT2D eigenvalue weighted by Gasteiger charge is 2.50. The van der Waals surface area contributed by atoms with Gasteiger partial charge in [0.2, 0.25) is 5.88 Å². The number of benzene rings is 1. The number of hydrogen-bond donors (Lipinski definition) is 1. The molecule has 2 heterocycles. The van der Waals surface area contributed by atoms with Gasteiger partial charge >= 0.3 is 6.18 Å². The van der Waals surface area contributed by atoms with E-state index < -0.39 is 29.6 Å². The third-order valence-electron chi connectivity index (χ3n) is 4.20. The van der Waals surface area contributed by atoms with Crippen LogP contribution >= 0.6 is 0 Å². The fourth-order valence-corrected chi connectivity index (χ4v) is 3.14. The van der Waals surface area contributed by atoms with Gasteiger partial charge in [0.05, 0.1) is 11.5 Å². The van der Waals surface area contributed by atoms with Gasteiger partial charge < -0.3 is 15.2 Å². The summed E-state index contributed by atoms with van der Waals surface area (Å²) < 4.78 is 49.9. The SMILES string of the molecule is CC1=C(C(=O)C(F)(F)F)C(C2Cc3ccccc3O2)C(C#N)=C(N)O1. The van der Waals surface area contributed by atoms with E-state index in [0.717, 1.165) is 5.56 Å². The van der Waals surface area contributed by atoms with Crippen molar-refractivity contribution in [1.82, 2.24) is 0 Å². The molecule has 5 nitrogen and oxygen atoms in total. The van der Waals surface area contributed by atoms with E-state index in [4.69, 9.17) is 15.2 Å². The second-order valence-electron chi connectivity index (χ2n) is 5.73. The van der Waals surface area contributed by atoms with Gasteiger partial charge in [-0.1, -0.05) is 18.2 Å². The van der Waals surface area contributed by atoms with E-state index in [-0.39, 0.29) is 23.6 Å². The summed E-state index contributed by atoms with van der Waals surface area (Å²) in [5.41, 5.74) is 5.57. The lowest BCUT2D eigenvalue weighted by Crippen LogP contribution is -2.39. The summed E-state index contributed by atoms with van der Waals surface area (Å²) >= 11 is 0. The first kappa shape index (κ1) is 16.9. The lowest BCUT2D eigenvalue weighted by molar-refractivity contribution is -0.167. The van der Waals surface area contributed by atoms with Crippen LogP contribution in [0.25, 0.3) is 0 Å². The molecule has 0 saturated carbocycles. The van der Waals surface area contributed by atoms with E-state index in [1.807, 2.05) is 0 Å². The lowest BCUT2D eigenvalue weighted by Gasteiger charge is -2.30. The number of para-hydroxylation sites is 1. The molecule has 2 unspecified atom stereocenters. The molecule has 0 amide bonds. The monoisotopic (exact) mass is 350 g/mol. The van der Waals surface area contributed by atoms with Crippen LogP contribution in [0.15, 0.2) is 47.1 Å². The number of carbonyl (C=O) groups is 1.